The minimum absolute atomic E-state index is 0.414. The van der Waals surface area contributed by atoms with Crippen molar-refractivity contribution in [1.29, 1.82) is 0 Å². The van der Waals surface area contributed by atoms with Crippen molar-refractivity contribution in [3.05, 3.63) is 29.3 Å². The molecule has 0 aliphatic heterocycles. The lowest BCUT2D eigenvalue weighted by Gasteiger charge is -1.99. The van der Waals surface area contributed by atoms with Gasteiger partial charge in [-0.15, -0.1) is 0 Å². The van der Waals surface area contributed by atoms with Crippen LogP contribution in [-0.2, 0) is 0 Å². The number of benzene rings is 1. The summed E-state index contributed by atoms with van der Waals surface area (Å²) in [6.45, 7) is 3.78. The highest BCUT2D eigenvalue weighted by molar-refractivity contribution is 5.37. The van der Waals surface area contributed by atoms with E-state index in [4.69, 9.17) is 0 Å². The molecule has 1 aromatic carbocycles. The molecule has 0 heterocycles. The van der Waals surface area contributed by atoms with Crippen LogP contribution in [0.5, 0.6) is 5.75 Å². The molecule has 1 rings (SSSR count). The van der Waals surface area contributed by atoms with Gasteiger partial charge in [0.2, 0.25) is 0 Å². The monoisotopic (exact) mass is 167 g/mol. The van der Waals surface area contributed by atoms with E-state index in [1.165, 1.54) is 0 Å². The Labute approximate surface area is 74.2 Å². The van der Waals surface area contributed by atoms with Crippen LogP contribution in [0.4, 0.5) is 0 Å². The summed E-state index contributed by atoms with van der Waals surface area (Å²) >= 11 is 0. The van der Waals surface area contributed by atoms with Crippen molar-refractivity contribution in [2.45, 2.75) is 13.8 Å². The zero-order valence-corrected chi connectivity index (χ0v) is 8.18. The van der Waals surface area contributed by atoms with Crippen molar-refractivity contribution in [2.75, 3.05) is 14.1 Å². The number of phenolic OH excluding ortho intramolecular Hbond substituents is 1. The van der Waals surface area contributed by atoms with Crippen molar-refractivity contribution in [2.24, 2.45) is 0 Å². The van der Waals surface area contributed by atoms with E-state index in [9.17, 15) is 5.11 Å². The summed E-state index contributed by atoms with van der Waals surface area (Å²) in [5.41, 5.74) is 1.88. The fourth-order valence-electron chi connectivity index (χ4n) is 0.806. The van der Waals surface area contributed by atoms with Crippen LogP contribution in [0.2, 0.25) is 0 Å². The van der Waals surface area contributed by atoms with Gasteiger partial charge in [-0.1, -0.05) is 18.2 Å². The van der Waals surface area contributed by atoms with Crippen LogP contribution in [0, 0.1) is 13.8 Å². The topological polar surface area (TPSA) is 32.3 Å². The predicted octanol–water partition coefficient (Wildman–Crippen LogP) is 1.84. The highest BCUT2D eigenvalue weighted by Crippen LogP contribution is 2.19. The Morgan fingerprint density at radius 1 is 1.08 bits per heavy atom. The number of aromatic hydroxyl groups is 1. The van der Waals surface area contributed by atoms with Crippen LogP contribution in [-0.4, -0.2) is 19.2 Å². The van der Waals surface area contributed by atoms with Gasteiger partial charge in [0, 0.05) is 0 Å². The van der Waals surface area contributed by atoms with E-state index in [1.807, 2.05) is 46.1 Å². The summed E-state index contributed by atoms with van der Waals surface area (Å²) in [4.78, 5) is 0. The number of hydrogen-bond acceptors (Lipinski definition) is 2. The van der Waals surface area contributed by atoms with Gasteiger partial charge in [-0.3, -0.25) is 0 Å². The van der Waals surface area contributed by atoms with Crippen molar-refractivity contribution in [3.8, 4) is 5.75 Å². The second-order valence-electron chi connectivity index (χ2n) is 2.74. The van der Waals surface area contributed by atoms with Gasteiger partial charge in [0.25, 0.3) is 0 Å². The maximum atomic E-state index is 9.21. The third-order valence-corrected chi connectivity index (χ3v) is 1.44. The number of hydrogen-bond donors (Lipinski definition) is 2. The zero-order chi connectivity index (χ0) is 9.56. The van der Waals surface area contributed by atoms with Gasteiger partial charge in [-0.2, -0.15) is 0 Å². The minimum atomic E-state index is 0.414. The molecule has 0 aliphatic carbocycles. The van der Waals surface area contributed by atoms with E-state index in [-0.39, 0.29) is 0 Å². The van der Waals surface area contributed by atoms with Crippen molar-refractivity contribution < 1.29 is 5.11 Å². The molecule has 2 heteroatoms. The lowest BCUT2D eigenvalue weighted by Crippen LogP contribution is -1.89. The number of aryl methyl sites for hydroxylation is 2. The number of rotatable bonds is 0. The second-order valence-corrected chi connectivity index (χ2v) is 2.74. The number of para-hydroxylation sites is 1. The highest BCUT2D eigenvalue weighted by atomic mass is 16.3. The van der Waals surface area contributed by atoms with Gasteiger partial charge in [-0.25, -0.2) is 0 Å². The van der Waals surface area contributed by atoms with Crippen LogP contribution < -0.4 is 5.32 Å². The number of phenols is 1. The molecule has 0 radical (unpaired) electrons. The Morgan fingerprint density at radius 3 is 1.67 bits per heavy atom. The normalized spacial score (nSPS) is 8.67. The third-order valence-electron chi connectivity index (χ3n) is 1.44. The molecule has 68 valence electrons. The van der Waals surface area contributed by atoms with E-state index in [0.29, 0.717) is 5.75 Å². The van der Waals surface area contributed by atoms with Crippen LogP contribution in [0.3, 0.4) is 0 Å². The molecule has 0 fully saturated rings. The van der Waals surface area contributed by atoms with Crippen molar-refractivity contribution >= 4 is 0 Å². The molecule has 0 atom stereocenters. The molecular formula is C10H17NO. The quantitative estimate of drug-likeness (QED) is 0.618. The average Bonchev–Trinajstić information content (AvgIpc) is 2.02. The lowest BCUT2D eigenvalue weighted by atomic mass is 10.1. The first kappa shape index (κ1) is 11.0. The summed E-state index contributed by atoms with van der Waals surface area (Å²) in [5, 5.41) is 12.0. The zero-order valence-electron chi connectivity index (χ0n) is 8.18. The van der Waals surface area contributed by atoms with Crippen molar-refractivity contribution in [1.82, 2.24) is 5.32 Å². The number of nitrogens with one attached hydrogen (secondary N) is 1. The van der Waals surface area contributed by atoms with E-state index in [2.05, 4.69) is 5.32 Å². The van der Waals surface area contributed by atoms with Crippen LogP contribution in [0.25, 0.3) is 0 Å². The lowest BCUT2D eigenvalue weighted by molar-refractivity contribution is 0.467. The van der Waals surface area contributed by atoms with Gasteiger partial charge >= 0.3 is 0 Å². The van der Waals surface area contributed by atoms with Gasteiger partial charge in [0.15, 0.2) is 0 Å². The molecule has 0 aliphatic rings. The second kappa shape index (κ2) is 5.61. The van der Waals surface area contributed by atoms with E-state index in [1.54, 1.807) is 0 Å². The Morgan fingerprint density at radius 2 is 1.42 bits per heavy atom. The average molecular weight is 167 g/mol. The first-order valence-electron chi connectivity index (χ1n) is 3.97. The molecule has 0 unspecified atom stereocenters. The summed E-state index contributed by atoms with van der Waals surface area (Å²) in [5.74, 6) is 0.414. The van der Waals surface area contributed by atoms with Crippen LogP contribution in [0.15, 0.2) is 18.2 Å². The molecule has 2 N–H and O–H groups in total. The summed E-state index contributed by atoms with van der Waals surface area (Å²) in [6, 6.07) is 5.72. The standard InChI is InChI=1S/C8H10O.C2H7N/c1-6-4-3-5-7(2)8(6)9;1-3-2/h3-5,9H,1-2H3;3H,1-2H3. The maximum Gasteiger partial charge on any atom is 0.121 e. The van der Waals surface area contributed by atoms with E-state index >= 15 is 0 Å². The molecule has 0 saturated carbocycles. The largest absolute Gasteiger partial charge is 0.507 e. The Balaban J connectivity index is 0.000000354. The van der Waals surface area contributed by atoms with Gasteiger partial charge in [0.1, 0.15) is 5.75 Å². The molecule has 0 aromatic heterocycles. The summed E-state index contributed by atoms with van der Waals surface area (Å²) in [6.07, 6.45) is 0. The summed E-state index contributed by atoms with van der Waals surface area (Å²) < 4.78 is 0. The first-order chi connectivity index (χ1) is 5.63. The predicted molar refractivity (Wildman–Crippen MR) is 52.6 cm³/mol. The molecule has 0 spiro atoms. The molecule has 0 amide bonds. The van der Waals surface area contributed by atoms with Crippen LogP contribution in [0.1, 0.15) is 11.1 Å². The third kappa shape index (κ3) is 3.39. The Bertz CT molecular complexity index is 213. The molecule has 2 nitrogen and oxygen atoms in total. The maximum absolute atomic E-state index is 9.21. The molecule has 0 bridgehead atoms. The molecular weight excluding hydrogens is 150 g/mol. The smallest absolute Gasteiger partial charge is 0.121 e. The first-order valence-corrected chi connectivity index (χ1v) is 3.97. The SMILES string of the molecule is CNC.Cc1cccc(C)c1O. The Hall–Kier alpha value is -1.02. The Kier molecular flexibility index (Phi) is 5.13. The summed E-state index contributed by atoms with van der Waals surface area (Å²) in [7, 11) is 3.75. The molecule has 12 heavy (non-hydrogen) atoms. The fourth-order valence-corrected chi connectivity index (χ4v) is 0.806. The minimum Gasteiger partial charge on any atom is -0.507 e. The van der Waals surface area contributed by atoms with Crippen LogP contribution >= 0.6 is 0 Å². The van der Waals surface area contributed by atoms with Gasteiger partial charge in [-0.05, 0) is 39.1 Å². The molecule has 1 aromatic rings. The van der Waals surface area contributed by atoms with E-state index in [0.717, 1.165) is 11.1 Å². The fraction of sp³-hybridized carbons (Fsp3) is 0.400. The van der Waals surface area contributed by atoms with E-state index < -0.39 is 0 Å². The van der Waals surface area contributed by atoms with Gasteiger partial charge < -0.3 is 10.4 Å². The highest BCUT2D eigenvalue weighted by Gasteiger charge is 1.95. The van der Waals surface area contributed by atoms with Crippen molar-refractivity contribution in [3.63, 3.8) is 0 Å². The van der Waals surface area contributed by atoms with Gasteiger partial charge in [0.05, 0.1) is 0 Å². The molecule has 0 saturated heterocycles.